The number of hydrogen-bond acceptors (Lipinski definition) is 0. The van der Waals surface area contributed by atoms with Crippen LogP contribution in [0.2, 0.25) is 62.7 Å². The van der Waals surface area contributed by atoms with E-state index in [9.17, 15) is 0 Å². The minimum atomic E-state index is -1.78. The van der Waals surface area contributed by atoms with Crippen LogP contribution >= 0.6 is 22.2 Å². The van der Waals surface area contributed by atoms with Crippen molar-refractivity contribution in [1.29, 1.82) is 0 Å². The van der Waals surface area contributed by atoms with Gasteiger partial charge in [-0.2, -0.15) is 0 Å². The van der Waals surface area contributed by atoms with Crippen molar-refractivity contribution in [2.24, 2.45) is 0 Å². The second-order valence-electron chi connectivity index (χ2n) is 15.2. The van der Waals surface area contributed by atoms with Crippen molar-refractivity contribution < 1.29 is 48.0 Å². The predicted molar refractivity (Wildman–Crippen MR) is 197 cm³/mol. The average Bonchev–Trinajstić information content (AvgIpc) is 3.52. The molecule has 0 aromatic rings. The van der Waals surface area contributed by atoms with E-state index in [4.69, 9.17) is 22.2 Å². The summed E-state index contributed by atoms with van der Waals surface area (Å²) in [5.41, 5.74) is 0. The summed E-state index contributed by atoms with van der Waals surface area (Å²) < 4.78 is 3.80. The molecule has 0 bridgehead atoms. The van der Waals surface area contributed by atoms with E-state index in [1.54, 1.807) is 0 Å². The van der Waals surface area contributed by atoms with Gasteiger partial charge < -0.3 is 24.8 Å². The first-order chi connectivity index (χ1) is 19.1. The van der Waals surface area contributed by atoms with Crippen molar-refractivity contribution in [3.05, 3.63) is 41.3 Å². The van der Waals surface area contributed by atoms with Gasteiger partial charge in [-0.25, -0.2) is 0 Å². The zero-order valence-corrected chi connectivity index (χ0v) is 38.9. The topological polar surface area (TPSA) is 0 Å². The number of unbranched alkanes of at least 4 members (excludes halogenated alkanes) is 8. The summed E-state index contributed by atoms with van der Waals surface area (Å²) in [6, 6.07) is 0. The van der Waals surface area contributed by atoms with Gasteiger partial charge in [0, 0.05) is 0 Å². The van der Waals surface area contributed by atoms with Crippen molar-refractivity contribution in [1.82, 2.24) is 0 Å². The van der Waals surface area contributed by atoms with Crippen molar-refractivity contribution in [2.75, 3.05) is 0 Å². The van der Waals surface area contributed by atoms with Crippen LogP contribution in [0.25, 0.3) is 0 Å². The molecule has 2 aliphatic carbocycles. The van der Waals surface area contributed by atoms with Gasteiger partial charge in [0.05, 0.1) is 0 Å². The normalized spacial score (nSPS) is 17.2. The van der Waals surface area contributed by atoms with Gasteiger partial charge in [0.25, 0.3) is 0 Å². The Morgan fingerprint density at radius 1 is 0.581 bits per heavy atom. The van der Waals surface area contributed by atoms with E-state index in [1.165, 1.54) is 89.9 Å². The van der Waals surface area contributed by atoms with Crippen LogP contribution < -0.4 is 24.8 Å². The number of halogens is 4. The molecule has 2 atom stereocenters. The molecule has 0 aromatic heterocycles. The van der Waals surface area contributed by atoms with E-state index >= 15 is 0 Å². The van der Waals surface area contributed by atoms with E-state index in [2.05, 4.69) is 90.5 Å². The maximum Gasteiger partial charge on any atom is -1.00 e. The van der Waals surface area contributed by atoms with Gasteiger partial charge in [0.1, 0.15) is 0 Å². The maximum absolute atomic E-state index is 7.37. The Hall–Kier alpha value is 1.87. The van der Waals surface area contributed by atoms with Crippen molar-refractivity contribution >= 4 is 53.1 Å². The summed E-state index contributed by atoms with van der Waals surface area (Å²) in [5.74, 6) is 0. The number of rotatable bonds is 20. The van der Waals surface area contributed by atoms with Crippen LogP contribution in [-0.4, -0.2) is 30.9 Å². The Morgan fingerprint density at radius 3 is 1.21 bits per heavy atom. The first-order valence-electron chi connectivity index (χ1n) is 17.0. The third-order valence-corrected chi connectivity index (χ3v) is 38.2. The standard InChI is InChI=1S/2C17H32ClSi2.2ClH.Zr/c2*1-6-7-8-9-10-15-17(20(4,5)18)19(2,3)16-13-11-12-14-16;;;/h2*11,13,17H,6-10,12,15H2,1-5H3;2*1H;/q;;;;+2/p-2. The van der Waals surface area contributed by atoms with E-state index in [0.717, 1.165) is 10.3 Å². The monoisotopic (exact) mass is 814 g/mol. The molecule has 0 nitrogen and oxygen atoms in total. The molecule has 0 radical (unpaired) electrons. The fourth-order valence-corrected chi connectivity index (χ4v) is 44.0. The Labute approximate surface area is 306 Å². The van der Waals surface area contributed by atoms with Crippen molar-refractivity contribution in [3.8, 4) is 0 Å². The van der Waals surface area contributed by atoms with Crippen LogP contribution in [0.1, 0.15) is 104 Å². The minimum absolute atomic E-state index is 0. The SMILES string of the molecule is CCCCCCCC([Si](C)(C)Cl)[Si](C)(C)C1=[C]([Zr+2][C]2=C([Si](C)(C)C(CCCCCCC)[Si](C)(C)Cl)C=CC2)CC=C1.[Cl-].[Cl-]. The van der Waals surface area contributed by atoms with Gasteiger partial charge in [-0.1, -0.05) is 0 Å². The molecule has 0 saturated carbocycles. The van der Waals surface area contributed by atoms with Crippen LogP contribution in [0, 0.1) is 0 Å². The summed E-state index contributed by atoms with van der Waals surface area (Å²) in [7, 11) is -6.89. The van der Waals surface area contributed by atoms with Crippen LogP contribution in [0.5, 0.6) is 0 Å². The third-order valence-electron chi connectivity index (χ3n) is 10.1. The fourth-order valence-electron chi connectivity index (χ4n) is 8.04. The summed E-state index contributed by atoms with van der Waals surface area (Å²) in [4.78, 5) is 0. The first kappa shape index (κ1) is 44.9. The fraction of sp³-hybridized carbons (Fsp3) is 0.765. The van der Waals surface area contributed by atoms with Gasteiger partial charge in [0.15, 0.2) is 0 Å². The van der Waals surface area contributed by atoms with Gasteiger partial charge >= 0.3 is 284 Å². The summed E-state index contributed by atoms with van der Waals surface area (Å²) >= 11 is 13.9. The summed E-state index contributed by atoms with van der Waals surface area (Å²) in [6.07, 6.45) is 29.1. The molecule has 2 aliphatic rings. The molecule has 0 N–H and O–H groups in total. The van der Waals surface area contributed by atoms with Gasteiger partial charge in [-0.05, 0) is 0 Å². The minimum Gasteiger partial charge on any atom is -1.00 e. The first-order valence-corrected chi connectivity index (χ1v) is 33.8. The van der Waals surface area contributed by atoms with E-state index in [0.29, 0.717) is 0 Å². The van der Waals surface area contributed by atoms with E-state index in [1.807, 2.05) is 17.0 Å². The van der Waals surface area contributed by atoms with Crippen LogP contribution in [0.4, 0.5) is 0 Å². The molecule has 0 spiro atoms. The molecule has 248 valence electrons. The Morgan fingerprint density at radius 2 is 0.907 bits per heavy atom. The largest absolute Gasteiger partial charge is 1.00 e. The Bertz CT molecular complexity index is 882. The van der Waals surface area contributed by atoms with Crippen molar-refractivity contribution in [3.63, 3.8) is 0 Å². The van der Waals surface area contributed by atoms with E-state index < -0.39 is 54.1 Å². The molecular formula is C34H64Cl4Si4Zr. The van der Waals surface area contributed by atoms with Crippen LogP contribution in [-0.2, 0) is 23.2 Å². The molecule has 2 rings (SSSR count). The molecular weight excluding hydrogens is 754 g/mol. The average molecular weight is 818 g/mol. The molecule has 0 saturated heterocycles. The third kappa shape index (κ3) is 13.4. The second kappa shape index (κ2) is 20.4. The molecule has 9 heteroatoms. The second-order valence-corrected chi connectivity index (χ2v) is 42.8. The molecule has 0 aromatic carbocycles. The quantitative estimate of drug-likeness (QED) is 0.0682. The smallest absolute Gasteiger partial charge is 1.00 e. The maximum atomic E-state index is 7.37. The number of allylic oxidation sites excluding steroid dienone is 8. The molecule has 0 amide bonds. The summed E-state index contributed by atoms with van der Waals surface area (Å²) in [5, 5.41) is 5.15. The van der Waals surface area contributed by atoms with Gasteiger partial charge in [0.2, 0.25) is 0 Å². The Kier molecular flexibility index (Phi) is 21.3. The molecule has 2 unspecified atom stereocenters. The number of hydrogen-bond donors (Lipinski definition) is 0. The van der Waals surface area contributed by atoms with Gasteiger partial charge in [-0.3, -0.25) is 0 Å². The van der Waals surface area contributed by atoms with Crippen LogP contribution in [0.15, 0.2) is 41.3 Å². The molecule has 0 heterocycles. The predicted octanol–water partition coefficient (Wildman–Crippen LogP) is 7.43. The van der Waals surface area contributed by atoms with Crippen LogP contribution in [0.3, 0.4) is 0 Å². The molecule has 0 fully saturated rings. The van der Waals surface area contributed by atoms with E-state index in [-0.39, 0.29) is 24.8 Å². The Balaban J connectivity index is 0.00000882. The zero-order valence-electron chi connectivity index (χ0n) is 29.4. The summed E-state index contributed by atoms with van der Waals surface area (Å²) in [6.45, 7) is 25.1. The van der Waals surface area contributed by atoms with Crippen molar-refractivity contribution in [2.45, 2.75) is 166 Å². The molecule has 0 aliphatic heterocycles. The zero-order chi connectivity index (χ0) is 30.9. The van der Waals surface area contributed by atoms with Gasteiger partial charge in [-0.15, -0.1) is 0 Å². The molecule has 43 heavy (non-hydrogen) atoms.